The highest BCUT2D eigenvalue weighted by Gasteiger charge is 2.15. The van der Waals surface area contributed by atoms with Crippen molar-refractivity contribution >= 4 is 0 Å². The van der Waals surface area contributed by atoms with Crippen molar-refractivity contribution in [1.82, 2.24) is 14.8 Å². The summed E-state index contributed by atoms with van der Waals surface area (Å²) >= 11 is 0. The van der Waals surface area contributed by atoms with Crippen molar-refractivity contribution in [3.05, 3.63) is 17.8 Å². The number of oxazole rings is 1. The highest BCUT2D eigenvalue weighted by molar-refractivity contribution is 4.99. The van der Waals surface area contributed by atoms with Crippen LogP contribution in [0.1, 0.15) is 24.6 Å². The number of nitrogens with zero attached hydrogens (tertiary/aromatic N) is 3. The minimum Gasteiger partial charge on any atom is -0.449 e. The lowest BCUT2D eigenvalue weighted by molar-refractivity contribution is 0.153. The molecule has 1 saturated heterocycles. The van der Waals surface area contributed by atoms with Crippen molar-refractivity contribution in [2.45, 2.75) is 19.4 Å². The van der Waals surface area contributed by atoms with Crippen molar-refractivity contribution in [3.8, 4) is 0 Å². The van der Waals surface area contributed by atoms with E-state index in [4.69, 9.17) is 4.42 Å². The number of likely N-dealkylation sites (N-methyl/N-ethyl adjacent to an activating group) is 1. The Balaban J connectivity index is 1.77. The Hall–Kier alpha value is -0.910. The molecule has 5 nitrogen and oxygen atoms in total. The van der Waals surface area contributed by atoms with Gasteiger partial charge in [0.15, 0.2) is 5.89 Å². The first-order valence-electron chi connectivity index (χ1n) is 6.18. The molecule has 0 amide bonds. The van der Waals surface area contributed by atoms with E-state index in [0.717, 1.165) is 45.0 Å². The molecule has 2 heterocycles. The summed E-state index contributed by atoms with van der Waals surface area (Å²) in [6, 6.07) is 0. The third-order valence-electron chi connectivity index (χ3n) is 3.24. The van der Waals surface area contributed by atoms with Crippen molar-refractivity contribution in [3.63, 3.8) is 0 Å². The van der Waals surface area contributed by atoms with Crippen LogP contribution in [0.4, 0.5) is 0 Å². The molecule has 2 rings (SSSR count). The molecule has 1 atom stereocenters. The predicted octanol–water partition coefficient (Wildman–Crippen LogP) is 0.518. The largest absolute Gasteiger partial charge is 0.449 e. The van der Waals surface area contributed by atoms with Crippen LogP contribution in [-0.4, -0.2) is 59.7 Å². The van der Waals surface area contributed by atoms with Gasteiger partial charge >= 0.3 is 0 Å². The van der Waals surface area contributed by atoms with E-state index in [0.29, 0.717) is 5.69 Å². The molecule has 0 radical (unpaired) electrons. The average molecular weight is 239 g/mol. The van der Waals surface area contributed by atoms with Gasteiger partial charge in [0.2, 0.25) is 0 Å². The lowest BCUT2D eigenvalue weighted by Gasteiger charge is -2.31. The maximum atomic E-state index is 9.34. The van der Waals surface area contributed by atoms with E-state index >= 15 is 0 Å². The topological polar surface area (TPSA) is 52.7 Å². The molecule has 0 aliphatic carbocycles. The van der Waals surface area contributed by atoms with Gasteiger partial charge in [-0.3, -0.25) is 0 Å². The Morgan fingerprint density at radius 3 is 2.71 bits per heavy atom. The number of rotatable bonds is 4. The van der Waals surface area contributed by atoms with Crippen LogP contribution in [0.2, 0.25) is 0 Å². The summed E-state index contributed by atoms with van der Waals surface area (Å²) in [5, 5.41) is 9.34. The molecule has 0 aromatic carbocycles. The lowest BCUT2D eigenvalue weighted by atomic mass is 10.3. The number of piperazine rings is 1. The van der Waals surface area contributed by atoms with Gasteiger partial charge in [0.25, 0.3) is 0 Å². The Morgan fingerprint density at radius 2 is 2.12 bits per heavy atom. The number of hydrogen-bond donors (Lipinski definition) is 1. The Kier molecular flexibility index (Phi) is 4.15. The normalized spacial score (nSPS) is 20.6. The van der Waals surface area contributed by atoms with Crippen LogP contribution in [0.5, 0.6) is 0 Å². The van der Waals surface area contributed by atoms with Gasteiger partial charge in [0.1, 0.15) is 12.0 Å². The number of aromatic nitrogens is 1. The summed E-state index contributed by atoms with van der Waals surface area (Å²) in [5.74, 6) is 0.722. The van der Waals surface area contributed by atoms with Crippen LogP contribution in [0.3, 0.4) is 0 Å². The van der Waals surface area contributed by atoms with Gasteiger partial charge in [-0.25, -0.2) is 4.98 Å². The molecule has 1 aromatic heterocycles. The molecule has 0 spiro atoms. The van der Waals surface area contributed by atoms with E-state index in [-0.39, 0.29) is 0 Å². The second-order valence-corrected chi connectivity index (χ2v) is 4.74. The molecule has 1 fully saturated rings. The molecule has 1 aromatic rings. The highest BCUT2D eigenvalue weighted by Crippen LogP contribution is 2.12. The van der Waals surface area contributed by atoms with Crippen LogP contribution in [0, 0.1) is 0 Å². The Labute approximate surface area is 102 Å². The third kappa shape index (κ3) is 3.52. The van der Waals surface area contributed by atoms with Gasteiger partial charge in [-0.1, -0.05) is 0 Å². The second kappa shape index (κ2) is 5.62. The summed E-state index contributed by atoms with van der Waals surface area (Å²) in [6.07, 6.45) is 1.82. The molecule has 96 valence electrons. The van der Waals surface area contributed by atoms with E-state index in [9.17, 15) is 5.11 Å². The highest BCUT2D eigenvalue weighted by atomic mass is 16.3. The summed E-state index contributed by atoms with van der Waals surface area (Å²) in [4.78, 5) is 9.02. The zero-order chi connectivity index (χ0) is 12.3. The van der Waals surface area contributed by atoms with Crippen LogP contribution in [0.25, 0.3) is 0 Å². The average Bonchev–Trinajstić information content (AvgIpc) is 2.77. The van der Waals surface area contributed by atoms with Crippen molar-refractivity contribution in [2.24, 2.45) is 0 Å². The van der Waals surface area contributed by atoms with Crippen LogP contribution in [0.15, 0.2) is 10.7 Å². The minimum absolute atomic E-state index is 0.545. The lowest BCUT2D eigenvalue weighted by Crippen LogP contribution is -2.45. The van der Waals surface area contributed by atoms with E-state index in [1.54, 1.807) is 13.2 Å². The molecule has 1 aliphatic heterocycles. The van der Waals surface area contributed by atoms with E-state index in [2.05, 4.69) is 21.8 Å². The second-order valence-electron chi connectivity index (χ2n) is 4.74. The molecule has 1 unspecified atom stereocenters. The van der Waals surface area contributed by atoms with Gasteiger partial charge in [0, 0.05) is 39.1 Å². The van der Waals surface area contributed by atoms with Crippen LogP contribution >= 0.6 is 0 Å². The molecule has 17 heavy (non-hydrogen) atoms. The number of hydrogen-bond acceptors (Lipinski definition) is 5. The molecule has 0 saturated carbocycles. The number of aliphatic hydroxyl groups excluding tert-OH is 1. The van der Waals surface area contributed by atoms with E-state index in [1.165, 1.54) is 0 Å². The molecular weight excluding hydrogens is 218 g/mol. The van der Waals surface area contributed by atoms with Gasteiger partial charge < -0.3 is 19.3 Å². The molecule has 1 N–H and O–H groups in total. The molecule has 5 heteroatoms. The van der Waals surface area contributed by atoms with Gasteiger partial charge in [-0.2, -0.15) is 0 Å². The van der Waals surface area contributed by atoms with Crippen LogP contribution < -0.4 is 0 Å². The maximum absolute atomic E-state index is 9.34. The Bertz CT molecular complexity index is 343. The van der Waals surface area contributed by atoms with Crippen molar-refractivity contribution in [2.75, 3.05) is 39.8 Å². The summed E-state index contributed by atoms with van der Waals surface area (Å²) in [5.41, 5.74) is 0.623. The first-order chi connectivity index (χ1) is 8.15. The SMILES string of the molecule is CC(O)c1coc(CCN2CCN(C)CC2)n1. The molecular formula is C12H21N3O2. The summed E-state index contributed by atoms with van der Waals surface area (Å²) in [7, 11) is 2.15. The predicted molar refractivity (Wildman–Crippen MR) is 64.8 cm³/mol. The fraction of sp³-hybridized carbons (Fsp3) is 0.750. The van der Waals surface area contributed by atoms with Crippen molar-refractivity contribution < 1.29 is 9.52 Å². The van der Waals surface area contributed by atoms with E-state index in [1.807, 2.05) is 0 Å². The number of aliphatic hydroxyl groups is 1. The molecule has 1 aliphatic rings. The van der Waals surface area contributed by atoms with Gasteiger partial charge in [-0.05, 0) is 14.0 Å². The van der Waals surface area contributed by atoms with Crippen LogP contribution in [-0.2, 0) is 6.42 Å². The molecule has 0 bridgehead atoms. The zero-order valence-electron chi connectivity index (χ0n) is 10.6. The van der Waals surface area contributed by atoms with Gasteiger partial charge in [-0.15, -0.1) is 0 Å². The first kappa shape index (κ1) is 12.5. The smallest absolute Gasteiger partial charge is 0.195 e. The first-order valence-corrected chi connectivity index (χ1v) is 6.18. The minimum atomic E-state index is -0.545. The quantitative estimate of drug-likeness (QED) is 0.830. The monoisotopic (exact) mass is 239 g/mol. The zero-order valence-corrected chi connectivity index (χ0v) is 10.6. The van der Waals surface area contributed by atoms with E-state index < -0.39 is 6.10 Å². The van der Waals surface area contributed by atoms with Crippen molar-refractivity contribution in [1.29, 1.82) is 0 Å². The fourth-order valence-electron chi connectivity index (χ4n) is 1.96. The third-order valence-corrected chi connectivity index (χ3v) is 3.24. The standard InChI is InChI=1S/C12H21N3O2/c1-10(16)11-9-17-12(13-11)3-4-15-7-5-14(2)6-8-15/h9-10,16H,3-8H2,1-2H3. The maximum Gasteiger partial charge on any atom is 0.195 e. The summed E-state index contributed by atoms with van der Waals surface area (Å²) < 4.78 is 5.33. The Morgan fingerprint density at radius 1 is 1.41 bits per heavy atom. The fourth-order valence-corrected chi connectivity index (χ4v) is 1.96. The van der Waals surface area contributed by atoms with Gasteiger partial charge in [0.05, 0.1) is 6.10 Å². The summed E-state index contributed by atoms with van der Waals surface area (Å²) in [6.45, 7) is 7.16.